The number of ether oxygens (including phenoxy) is 1. The van der Waals surface area contributed by atoms with Gasteiger partial charge in [-0.15, -0.1) is 5.10 Å². The van der Waals surface area contributed by atoms with Crippen LogP contribution in [-0.2, 0) is 28.7 Å². The Morgan fingerprint density at radius 1 is 1.14 bits per heavy atom. The normalized spacial score (nSPS) is 15.2. The molecule has 13 nitrogen and oxygen atoms in total. The number of amides is 2. The Morgan fingerprint density at radius 2 is 1.90 bits per heavy atom. The third kappa shape index (κ3) is 6.74. The van der Waals surface area contributed by atoms with Crippen LogP contribution in [0.3, 0.4) is 0 Å². The van der Waals surface area contributed by atoms with E-state index in [-0.39, 0.29) is 78.2 Å². The highest BCUT2D eigenvalue weighted by molar-refractivity contribution is 6.33. The number of nitrogens with one attached hydrogen (secondary N) is 1. The molecule has 2 aromatic carbocycles. The molecular formula is C33H30ClF3N8O5. The van der Waals surface area contributed by atoms with Crippen molar-refractivity contribution in [3.8, 4) is 11.8 Å². The highest BCUT2D eigenvalue weighted by atomic mass is 35.5. The summed E-state index contributed by atoms with van der Waals surface area (Å²) in [5.74, 6) is -0.974. The fourth-order valence-corrected chi connectivity index (χ4v) is 6.23. The predicted octanol–water partition coefficient (Wildman–Crippen LogP) is 4.11. The van der Waals surface area contributed by atoms with Crippen molar-refractivity contribution in [3.05, 3.63) is 86.1 Å². The molecule has 6 rings (SSSR count). The number of hydrogen-bond donors (Lipinski definition) is 2. The summed E-state index contributed by atoms with van der Waals surface area (Å²) in [5, 5.41) is 26.3. The minimum atomic E-state index is -4.62. The molecule has 50 heavy (non-hydrogen) atoms. The molecule has 2 aliphatic heterocycles. The topological polar surface area (TPSA) is 158 Å². The standard InChI is InChI=1S/C33H30ClF3N8O5/c1-2-25-28(42-9-11-43(12-10-42)30(48)22-15-19(17-38)3-6-26(22)46)31(49)45-32(40-29(41-45)20-7-13-50-14-8-20)44(25)18-27(47)39-24-5-4-21(16-23(24)34)33(35,36)37/h3-7,15-16,46H,2,8-14,18H2,1H3,(H,39,47). The zero-order valence-electron chi connectivity index (χ0n) is 26.6. The molecule has 4 aromatic rings. The number of hydrogen-bond acceptors (Lipinski definition) is 9. The van der Waals surface area contributed by atoms with Gasteiger partial charge in [0, 0.05) is 26.2 Å². The van der Waals surface area contributed by atoms with Gasteiger partial charge in [0.25, 0.3) is 11.5 Å². The van der Waals surface area contributed by atoms with Crippen molar-refractivity contribution < 1.29 is 32.6 Å². The monoisotopic (exact) mass is 710 g/mol. The lowest BCUT2D eigenvalue weighted by Crippen LogP contribution is -2.51. The van der Waals surface area contributed by atoms with Crippen LogP contribution >= 0.6 is 11.6 Å². The van der Waals surface area contributed by atoms with Gasteiger partial charge in [0.15, 0.2) is 5.82 Å². The number of rotatable bonds is 7. The van der Waals surface area contributed by atoms with Crippen molar-refractivity contribution in [2.24, 2.45) is 0 Å². The minimum Gasteiger partial charge on any atom is -0.507 e. The first-order chi connectivity index (χ1) is 23.9. The van der Waals surface area contributed by atoms with Gasteiger partial charge in [-0.1, -0.05) is 24.6 Å². The Morgan fingerprint density at radius 3 is 2.54 bits per heavy atom. The van der Waals surface area contributed by atoms with E-state index in [2.05, 4.69) is 15.4 Å². The molecule has 260 valence electrons. The van der Waals surface area contributed by atoms with Gasteiger partial charge in [0.2, 0.25) is 11.7 Å². The molecule has 2 aliphatic rings. The summed E-state index contributed by atoms with van der Waals surface area (Å²) >= 11 is 6.10. The second-order valence-electron chi connectivity index (χ2n) is 11.6. The van der Waals surface area contributed by atoms with E-state index >= 15 is 0 Å². The molecule has 17 heteroatoms. The molecule has 2 aromatic heterocycles. The highest BCUT2D eigenvalue weighted by Gasteiger charge is 2.32. The number of alkyl halides is 3. The fourth-order valence-electron chi connectivity index (χ4n) is 6.00. The lowest BCUT2D eigenvalue weighted by Gasteiger charge is -2.37. The summed E-state index contributed by atoms with van der Waals surface area (Å²) in [7, 11) is 0. The lowest BCUT2D eigenvalue weighted by molar-refractivity contribution is -0.137. The molecule has 2 N–H and O–H groups in total. The van der Waals surface area contributed by atoms with Gasteiger partial charge in [0.1, 0.15) is 18.0 Å². The van der Waals surface area contributed by atoms with E-state index in [1.807, 2.05) is 12.1 Å². The number of nitrogens with zero attached hydrogens (tertiary/aromatic N) is 7. The van der Waals surface area contributed by atoms with Crippen molar-refractivity contribution in [1.29, 1.82) is 5.26 Å². The van der Waals surface area contributed by atoms with Crippen LogP contribution in [0.25, 0.3) is 11.4 Å². The van der Waals surface area contributed by atoms with E-state index in [9.17, 15) is 37.9 Å². The summed E-state index contributed by atoms with van der Waals surface area (Å²) in [5.41, 5.74) is 0.211. The fraction of sp³-hybridized carbons (Fsp3) is 0.333. The zero-order chi connectivity index (χ0) is 35.7. The first kappa shape index (κ1) is 34.5. The maximum atomic E-state index is 14.1. The van der Waals surface area contributed by atoms with E-state index in [0.717, 1.165) is 28.3 Å². The molecule has 4 heterocycles. The van der Waals surface area contributed by atoms with Gasteiger partial charge in [0.05, 0.1) is 52.4 Å². The molecule has 2 amide bonds. The van der Waals surface area contributed by atoms with Gasteiger partial charge in [-0.2, -0.15) is 27.9 Å². The van der Waals surface area contributed by atoms with E-state index in [1.54, 1.807) is 16.4 Å². The van der Waals surface area contributed by atoms with Crippen LogP contribution < -0.4 is 15.8 Å². The van der Waals surface area contributed by atoms with Gasteiger partial charge in [-0.05, 0) is 54.8 Å². The molecule has 1 saturated heterocycles. The van der Waals surface area contributed by atoms with Crippen LogP contribution in [0, 0.1) is 11.3 Å². The largest absolute Gasteiger partial charge is 0.507 e. The van der Waals surface area contributed by atoms with E-state index in [4.69, 9.17) is 16.3 Å². The van der Waals surface area contributed by atoms with Crippen LogP contribution in [-0.4, -0.2) is 80.4 Å². The van der Waals surface area contributed by atoms with E-state index in [0.29, 0.717) is 31.2 Å². The number of benzene rings is 2. The van der Waals surface area contributed by atoms with Crippen LogP contribution in [0.4, 0.5) is 24.5 Å². The van der Waals surface area contributed by atoms with Crippen molar-refractivity contribution in [3.63, 3.8) is 0 Å². The van der Waals surface area contributed by atoms with Crippen molar-refractivity contribution in [2.45, 2.75) is 32.5 Å². The Labute approximate surface area is 287 Å². The summed E-state index contributed by atoms with van der Waals surface area (Å²) in [4.78, 5) is 48.9. The summed E-state index contributed by atoms with van der Waals surface area (Å²) in [6.07, 6.45) is -2.01. The van der Waals surface area contributed by atoms with Gasteiger partial charge < -0.3 is 29.5 Å². The summed E-state index contributed by atoms with van der Waals surface area (Å²) < 4.78 is 47.6. The lowest BCUT2D eigenvalue weighted by atomic mass is 10.1. The maximum Gasteiger partial charge on any atom is 0.416 e. The number of anilines is 2. The second-order valence-corrected chi connectivity index (χ2v) is 12.0. The minimum absolute atomic E-state index is 0.00718. The predicted molar refractivity (Wildman–Crippen MR) is 176 cm³/mol. The smallest absolute Gasteiger partial charge is 0.416 e. The molecule has 1 fully saturated rings. The van der Waals surface area contributed by atoms with Crippen molar-refractivity contribution in [1.82, 2.24) is 24.1 Å². The molecular weight excluding hydrogens is 681 g/mol. The van der Waals surface area contributed by atoms with Gasteiger partial charge >= 0.3 is 6.18 Å². The number of carbonyl (C=O) groups excluding carboxylic acids is 2. The van der Waals surface area contributed by atoms with Gasteiger partial charge in [-0.3, -0.25) is 14.4 Å². The average molecular weight is 711 g/mol. The molecule has 0 spiro atoms. The number of aromatic nitrogens is 4. The number of phenols is 1. The number of fused-ring (bicyclic) bond motifs is 1. The summed E-state index contributed by atoms with van der Waals surface area (Å²) in [6.45, 7) is 3.00. The zero-order valence-corrected chi connectivity index (χ0v) is 27.4. The number of nitriles is 1. The Hall–Kier alpha value is -5.40. The van der Waals surface area contributed by atoms with Crippen molar-refractivity contribution >= 4 is 46.1 Å². The third-order valence-electron chi connectivity index (χ3n) is 8.52. The average Bonchev–Trinajstić information content (AvgIpc) is 3.56. The Bertz CT molecular complexity index is 2130. The molecule has 0 unspecified atom stereocenters. The number of phenolic OH excluding ortho intramolecular Hbond substituents is 1. The number of carbonyl (C=O) groups is 2. The number of aromatic hydroxyl groups is 1. The van der Waals surface area contributed by atoms with Crippen molar-refractivity contribution in [2.75, 3.05) is 49.6 Å². The number of piperazine rings is 1. The Balaban J connectivity index is 1.34. The van der Waals surface area contributed by atoms with Crippen LogP contribution in [0.1, 0.15) is 46.3 Å². The summed E-state index contributed by atoms with van der Waals surface area (Å²) in [6, 6.07) is 8.58. The van der Waals surface area contributed by atoms with Crippen LogP contribution in [0.5, 0.6) is 5.75 Å². The SMILES string of the molecule is CCc1c(N2CCN(C(=O)c3cc(C#N)ccc3O)CC2)c(=O)n2nc(C3=CCOCC3)nc2n1CC(=O)Nc1ccc(C(F)(F)F)cc1Cl. The number of halogens is 4. The van der Waals surface area contributed by atoms with E-state index in [1.165, 1.54) is 23.1 Å². The Kier molecular flexibility index (Phi) is 9.54. The van der Waals surface area contributed by atoms with Crippen LogP contribution in [0.2, 0.25) is 5.02 Å². The first-order valence-corrected chi connectivity index (χ1v) is 16.0. The molecule has 0 saturated carbocycles. The maximum absolute atomic E-state index is 14.1. The quantitative estimate of drug-likeness (QED) is 0.288. The van der Waals surface area contributed by atoms with Gasteiger partial charge in [-0.25, -0.2) is 0 Å². The molecule has 0 atom stereocenters. The molecule has 0 radical (unpaired) electrons. The third-order valence-corrected chi connectivity index (χ3v) is 8.84. The molecule has 0 bridgehead atoms. The first-order valence-electron chi connectivity index (χ1n) is 15.6. The molecule has 0 aliphatic carbocycles. The highest BCUT2D eigenvalue weighted by Crippen LogP contribution is 2.34. The van der Waals surface area contributed by atoms with Crippen LogP contribution in [0.15, 0.2) is 47.3 Å². The van der Waals surface area contributed by atoms with E-state index < -0.39 is 29.1 Å². The second kappa shape index (κ2) is 13.8.